The monoisotopic (exact) mass is 355 g/mol. The number of nitro groups is 1. The average molecular weight is 357 g/mol. The van der Waals surface area contributed by atoms with Crippen LogP contribution in [0.25, 0.3) is 0 Å². The molecule has 0 saturated heterocycles. The van der Waals surface area contributed by atoms with Crippen molar-refractivity contribution in [3.8, 4) is 5.75 Å². The van der Waals surface area contributed by atoms with Gasteiger partial charge in [0.25, 0.3) is 5.69 Å². The summed E-state index contributed by atoms with van der Waals surface area (Å²) < 4.78 is 6.22. The maximum atomic E-state index is 11.0. The number of benzene rings is 2. The summed E-state index contributed by atoms with van der Waals surface area (Å²) in [6.45, 7) is 1.99. The van der Waals surface area contributed by atoms with Crippen LogP contribution in [0.2, 0.25) is 5.02 Å². The molecule has 0 spiro atoms. The molecule has 0 aromatic heterocycles. The fraction of sp³-hybridized carbons (Fsp3) is 0.143. The molecule has 4 nitrogen and oxygen atoms in total. The van der Waals surface area contributed by atoms with Crippen molar-refractivity contribution >= 4 is 33.2 Å². The summed E-state index contributed by atoms with van der Waals surface area (Å²) in [6.07, 6.45) is 0. The predicted octanol–water partition coefficient (Wildman–Crippen LogP) is 4.90. The summed E-state index contributed by atoms with van der Waals surface area (Å²) in [5.74, 6) is 0.502. The molecule has 104 valence electrons. The standard InChI is InChI=1S/C14H11BrClNO3/c1-9-5-6-14(12(16)7-9)20-8-10-11(15)3-2-4-13(10)17(18)19/h2-7H,8H2,1H3. The molecule has 0 amide bonds. The highest BCUT2D eigenvalue weighted by Crippen LogP contribution is 2.30. The van der Waals surface area contributed by atoms with Gasteiger partial charge in [-0.15, -0.1) is 0 Å². The lowest BCUT2D eigenvalue weighted by Gasteiger charge is -2.10. The van der Waals surface area contributed by atoms with Gasteiger partial charge in [0, 0.05) is 10.5 Å². The van der Waals surface area contributed by atoms with Crippen LogP contribution in [0.15, 0.2) is 40.9 Å². The second-order valence-corrected chi connectivity index (χ2v) is 5.48. The molecule has 0 aliphatic heterocycles. The number of rotatable bonds is 4. The van der Waals surface area contributed by atoms with Gasteiger partial charge >= 0.3 is 0 Å². The van der Waals surface area contributed by atoms with E-state index in [1.165, 1.54) is 6.07 Å². The second kappa shape index (κ2) is 6.24. The Kier molecular flexibility index (Phi) is 4.62. The van der Waals surface area contributed by atoms with E-state index in [4.69, 9.17) is 16.3 Å². The van der Waals surface area contributed by atoms with Gasteiger partial charge in [-0.25, -0.2) is 0 Å². The fourth-order valence-electron chi connectivity index (χ4n) is 1.73. The Bertz CT molecular complexity index is 661. The van der Waals surface area contributed by atoms with Crippen molar-refractivity contribution in [2.24, 2.45) is 0 Å². The topological polar surface area (TPSA) is 52.4 Å². The lowest BCUT2D eigenvalue weighted by Crippen LogP contribution is -2.02. The molecule has 2 rings (SSSR count). The van der Waals surface area contributed by atoms with Crippen molar-refractivity contribution in [3.63, 3.8) is 0 Å². The van der Waals surface area contributed by atoms with Gasteiger partial charge in [-0.1, -0.05) is 39.7 Å². The molecule has 2 aromatic rings. The van der Waals surface area contributed by atoms with Crippen LogP contribution in [0.1, 0.15) is 11.1 Å². The molecule has 0 atom stereocenters. The normalized spacial score (nSPS) is 10.3. The maximum Gasteiger partial charge on any atom is 0.277 e. The minimum atomic E-state index is -0.430. The van der Waals surface area contributed by atoms with Gasteiger partial charge < -0.3 is 4.74 Å². The van der Waals surface area contributed by atoms with Crippen LogP contribution in [0.4, 0.5) is 5.69 Å². The van der Waals surface area contributed by atoms with Crippen LogP contribution in [0.5, 0.6) is 5.75 Å². The van der Waals surface area contributed by atoms with Gasteiger partial charge in [-0.05, 0) is 30.7 Å². The first-order valence-electron chi connectivity index (χ1n) is 5.80. The highest BCUT2D eigenvalue weighted by Gasteiger charge is 2.17. The third kappa shape index (κ3) is 3.29. The highest BCUT2D eigenvalue weighted by atomic mass is 79.9. The van der Waals surface area contributed by atoms with Gasteiger partial charge in [0.2, 0.25) is 0 Å². The Morgan fingerprint density at radius 2 is 2.10 bits per heavy atom. The molecule has 0 fully saturated rings. The minimum absolute atomic E-state index is 0.0163. The van der Waals surface area contributed by atoms with E-state index in [2.05, 4.69) is 15.9 Å². The molecule has 0 aliphatic rings. The first-order valence-corrected chi connectivity index (χ1v) is 6.97. The highest BCUT2D eigenvalue weighted by molar-refractivity contribution is 9.10. The first-order chi connectivity index (χ1) is 9.49. The molecule has 0 heterocycles. The van der Waals surface area contributed by atoms with Crippen LogP contribution < -0.4 is 4.74 Å². The number of aryl methyl sites for hydroxylation is 1. The lowest BCUT2D eigenvalue weighted by molar-refractivity contribution is -0.385. The Morgan fingerprint density at radius 3 is 2.75 bits per heavy atom. The summed E-state index contributed by atoms with van der Waals surface area (Å²) in [6, 6.07) is 10.2. The van der Waals surface area contributed by atoms with Crippen LogP contribution in [-0.4, -0.2) is 4.92 Å². The van der Waals surface area contributed by atoms with Crippen molar-refractivity contribution in [1.29, 1.82) is 0 Å². The van der Waals surface area contributed by atoms with E-state index in [1.54, 1.807) is 24.3 Å². The van der Waals surface area contributed by atoms with Crippen molar-refractivity contribution in [1.82, 2.24) is 0 Å². The Balaban J connectivity index is 2.25. The number of hydrogen-bond donors (Lipinski definition) is 0. The minimum Gasteiger partial charge on any atom is -0.487 e. The molecule has 0 saturated carbocycles. The molecule has 0 radical (unpaired) electrons. The van der Waals surface area contributed by atoms with E-state index < -0.39 is 4.92 Å². The third-order valence-corrected chi connectivity index (χ3v) is 3.79. The molecule has 0 unspecified atom stereocenters. The van der Waals surface area contributed by atoms with Gasteiger partial charge in [-0.3, -0.25) is 10.1 Å². The van der Waals surface area contributed by atoms with E-state index in [-0.39, 0.29) is 12.3 Å². The largest absolute Gasteiger partial charge is 0.487 e. The molecule has 0 aliphatic carbocycles. The SMILES string of the molecule is Cc1ccc(OCc2c(Br)cccc2[N+](=O)[O-])c(Cl)c1. The molecular weight excluding hydrogens is 346 g/mol. The average Bonchev–Trinajstić information content (AvgIpc) is 2.38. The molecule has 0 bridgehead atoms. The zero-order valence-corrected chi connectivity index (χ0v) is 12.9. The van der Waals surface area contributed by atoms with Crippen LogP contribution >= 0.6 is 27.5 Å². The predicted molar refractivity (Wildman–Crippen MR) is 81.3 cm³/mol. The van der Waals surface area contributed by atoms with Gasteiger partial charge in [0.15, 0.2) is 0 Å². The van der Waals surface area contributed by atoms with Gasteiger partial charge in [0.05, 0.1) is 15.5 Å². The van der Waals surface area contributed by atoms with Crippen molar-refractivity contribution < 1.29 is 9.66 Å². The van der Waals surface area contributed by atoms with Crippen molar-refractivity contribution in [3.05, 3.63) is 67.1 Å². The Labute approximate surface area is 129 Å². The van der Waals surface area contributed by atoms with E-state index >= 15 is 0 Å². The zero-order chi connectivity index (χ0) is 14.7. The Hall–Kier alpha value is -1.59. The van der Waals surface area contributed by atoms with E-state index in [1.807, 2.05) is 13.0 Å². The molecular formula is C14H11BrClNO3. The van der Waals surface area contributed by atoms with E-state index in [0.29, 0.717) is 20.8 Å². The summed E-state index contributed by atoms with van der Waals surface area (Å²) in [5, 5.41) is 11.5. The fourth-order valence-corrected chi connectivity index (χ4v) is 2.49. The summed E-state index contributed by atoms with van der Waals surface area (Å²) in [4.78, 5) is 10.6. The zero-order valence-electron chi connectivity index (χ0n) is 10.6. The number of nitro benzene ring substituents is 1. The third-order valence-electron chi connectivity index (χ3n) is 2.75. The van der Waals surface area contributed by atoms with E-state index in [0.717, 1.165) is 5.56 Å². The molecule has 2 aromatic carbocycles. The molecule has 20 heavy (non-hydrogen) atoms. The Morgan fingerprint density at radius 1 is 1.35 bits per heavy atom. The smallest absolute Gasteiger partial charge is 0.277 e. The number of ether oxygens (including phenoxy) is 1. The van der Waals surface area contributed by atoms with E-state index in [9.17, 15) is 10.1 Å². The maximum absolute atomic E-state index is 11.0. The first kappa shape index (κ1) is 14.8. The molecule has 6 heteroatoms. The van der Waals surface area contributed by atoms with Gasteiger partial charge in [0.1, 0.15) is 12.4 Å². The second-order valence-electron chi connectivity index (χ2n) is 4.22. The lowest BCUT2D eigenvalue weighted by atomic mass is 10.2. The molecule has 0 N–H and O–H groups in total. The van der Waals surface area contributed by atoms with Crippen LogP contribution in [-0.2, 0) is 6.61 Å². The summed E-state index contributed by atoms with van der Waals surface area (Å²) in [5.41, 5.74) is 1.52. The number of nitrogens with zero attached hydrogens (tertiary/aromatic N) is 1. The summed E-state index contributed by atoms with van der Waals surface area (Å²) >= 11 is 9.37. The summed E-state index contributed by atoms with van der Waals surface area (Å²) in [7, 11) is 0. The van der Waals surface area contributed by atoms with Crippen LogP contribution in [0, 0.1) is 17.0 Å². The van der Waals surface area contributed by atoms with Crippen molar-refractivity contribution in [2.45, 2.75) is 13.5 Å². The number of halogens is 2. The van der Waals surface area contributed by atoms with Crippen molar-refractivity contribution in [2.75, 3.05) is 0 Å². The quantitative estimate of drug-likeness (QED) is 0.578. The van der Waals surface area contributed by atoms with Gasteiger partial charge in [-0.2, -0.15) is 0 Å². The number of hydrogen-bond acceptors (Lipinski definition) is 3. The van der Waals surface area contributed by atoms with Crippen LogP contribution in [0.3, 0.4) is 0 Å².